The van der Waals surface area contributed by atoms with Crippen LogP contribution in [0.4, 0.5) is 0 Å². The Morgan fingerprint density at radius 2 is 1.78 bits per heavy atom. The lowest BCUT2D eigenvalue weighted by Gasteiger charge is -2.31. The van der Waals surface area contributed by atoms with Gasteiger partial charge in [-0.25, -0.2) is 14.4 Å². The summed E-state index contributed by atoms with van der Waals surface area (Å²) < 4.78 is 10.1. The Kier molecular flexibility index (Phi) is 8.39. The van der Waals surface area contributed by atoms with Crippen molar-refractivity contribution in [2.75, 3.05) is 6.61 Å². The molecule has 0 saturated carbocycles. The van der Waals surface area contributed by atoms with Gasteiger partial charge in [0.1, 0.15) is 5.56 Å². The van der Waals surface area contributed by atoms with Gasteiger partial charge in [0.2, 0.25) is 0 Å². The second-order valence-corrected chi connectivity index (χ2v) is 8.00. The number of carbonyl (C=O) groups excluding carboxylic acids is 2. The van der Waals surface area contributed by atoms with Gasteiger partial charge in [-0.3, -0.25) is 0 Å². The Morgan fingerprint density at radius 1 is 1.19 bits per heavy atom. The van der Waals surface area contributed by atoms with Gasteiger partial charge >= 0.3 is 17.9 Å². The Morgan fingerprint density at radius 3 is 2.30 bits per heavy atom. The first-order valence-electron chi connectivity index (χ1n) is 8.22. The van der Waals surface area contributed by atoms with Crippen molar-refractivity contribution in [3.63, 3.8) is 0 Å². The van der Waals surface area contributed by atoms with E-state index in [1.807, 2.05) is 13.8 Å². The van der Waals surface area contributed by atoms with Gasteiger partial charge in [-0.05, 0) is 12.0 Å². The summed E-state index contributed by atoms with van der Waals surface area (Å²) in [5, 5.41) is 8.15. The third-order valence-corrected chi connectivity index (χ3v) is 5.40. The zero-order valence-electron chi connectivity index (χ0n) is 15.4. The van der Waals surface area contributed by atoms with Gasteiger partial charge in [0, 0.05) is 5.41 Å². The van der Waals surface area contributed by atoms with E-state index in [-0.39, 0.29) is 33.0 Å². The number of halogens is 3. The van der Waals surface area contributed by atoms with Crippen LogP contribution in [0.1, 0.15) is 50.9 Å². The minimum atomic E-state index is -1.86. The first kappa shape index (κ1) is 23.5. The number of ether oxygens (including phenoxy) is 2. The number of rotatable bonds is 7. The molecular weight excluding hydrogens is 419 g/mol. The summed E-state index contributed by atoms with van der Waals surface area (Å²) in [5.74, 6) is -4.64. The number of hydrogen-bond donors (Lipinski definition) is 1. The van der Waals surface area contributed by atoms with Crippen LogP contribution in [0.5, 0.6) is 5.75 Å². The minimum absolute atomic E-state index is 0.0673. The molecule has 1 N–H and O–H groups in total. The molecule has 0 bridgehead atoms. The Bertz CT molecular complexity index is 745. The summed E-state index contributed by atoms with van der Waals surface area (Å²) in [4.78, 5) is 34.8. The number of aliphatic carboxylic acids is 1. The van der Waals surface area contributed by atoms with E-state index in [4.69, 9.17) is 49.4 Å². The molecule has 0 spiro atoms. The predicted molar refractivity (Wildman–Crippen MR) is 103 cm³/mol. The topological polar surface area (TPSA) is 89.9 Å². The minimum Gasteiger partial charge on any atom is -0.473 e. The maximum atomic E-state index is 12.6. The van der Waals surface area contributed by atoms with Crippen molar-refractivity contribution in [2.45, 2.75) is 40.5 Å². The van der Waals surface area contributed by atoms with Crippen LogP contribution in [0, 0.1) is 11.3 Å². The van der Waals surface area contributed by atoms with Crippen LogP contribution >= 0.6 is 34.8 Å². The van der Waals surface area contributed by atoms with Gasteiger partial charge in [-0.2, -0.15) is 0 Å². The van der Waals surface area contributed by atoms with Crippen LogP contribution in [0.15, 0.2) is 6.07 Å². The molecule has 0 aliphatic rings. The van der Waals surface area contributed by atoms with Gasteiger partial charge in [0.05, 0.1) is 21.7 Å². The van der Waals surface area contributed by atoms with Crippen LogP contribution in [0.3, 0.4) is 0 Å². The maximum absolute atomic E-state index is 12.6. The van der Waals surface area contributed by atoms with Gasteiger partial charge in [-0.15, -0.1) is 0 Å². The molecule has 27 heavy (non-hydrogen) atoms. The van der Waals surface area contributed by atoms with Crippen molar-refractivity contribution in [2.24, 2.45) is 11.3 Å². The highest BCUT2D eigenvalue weighted by molar-refractivity contribution is 6.46. The molecule has 0 saturated heterocycles. The second-order valence-electron chi connectivity index (χ2n) is 6.81. The first-order valence-corrected chi connectivity index (χ1v) is 9.35. The number of hydrogen-bond acceptors (Lipinski definition) is 5. The summed E-state index contributed by atoms with van der Waals surface area (Å²) in [7, 11) is 0. The van der Waals surface area contributed by atoms with Crippen LogP contribution in [-0.2, 0) is 14.3 Å². The fraction of sp³-hybridized carbons (Fsp3) is 0.500. The highest BCUT2D eigenvalue weighted by Gasteiger charge is 2.31. The van der Waals surface area contributed by atoms with Crippen molar-refractivity contribution in [1.29, 1.82) is 0 Å². The summed E-state index contributed by atoms with van der Waals surface area (Å²) in [5.41, 5.74) is -0.721. The van der Waals surface area contributed by atoms with E-state index in [0.717, 1.165) is 18.9 Å². The molecule has 0 aliphatic heterocycles. The molecule has 6 nitrogen and oxygen atoms in total. The molecule has 0 fully saturated rings. The summed E-state index contributed by atoms with van der Waals surface area (Å²) in [6.45, 7) is 8.10. The van der Waals surface area contributed by atoms with Gasteiger partial charge < -0.3 is 14.6 Å². The quantitative estimate of drug-likeness (QED) is 0.270. The average molecular weight is 440 g/mol. The lowest BCUT2D eigenvalue weighted by atomic mass is 9.78. The molecule has 0 aromatic heterocycles. The van der Waals surface area contributed by atoms with Crippen LogP contribution < -0.4 is 4.74 Å². The lowest BCUT2D eigenvalue weighted by Crippen LogP contribution is -2.29. The normalized spacial score (nSPS) is 12.4. The van der Waals surface area contributed by atoms with Crippen molar-refractivity contribution in [1.82, 2.24) is 0 Å². The molecule has 1 unspecified atom stereocenters. The number of benzene rings is 1. The van der Waals surface area contributed by atoms with E-state index in [9.17, 15) is 14.4 Å². The summed E-state index contributed by atoms with van der Waals surface area (Å²) in [6, 6.07) is 1.14. The lowest BCUT2D eigenvalue weighted by molar-refractivity contribution is -0.158. The summed E-state index contributed by atoms with van der Waals surface area (Å²) >= 11 is 18.0. The molecular formula is C18H21Cl3O6. The number of carbonyl (C=O) groups is 3. The zero-order chi connectivity index (χ0) is 20.9. The van der Waals surface area contributed by atoms with Crippen molar-refractivity contribution in [3.8, 4) is 5.75 Å². The van der Waals surface area contributed by atoms with Crippen molar-refractivity contribution in [3.05, 3.63) is 26.7 Å². The van der Waals surface area contributed by atoms with E-state index < -0.39 is 29.2 Å². The van der Waals surface area contributed by atoms with Crippen molar-refractivity contribution >= 4 is 52.7 Å². The van der Waals surface area contributed by atoms with E-state index in [2.05, 4.69) is 13.8 Å². The second kappa shape index (κ2) is 9.62. The molecule has 0 aliphatic carbocycles. The van der Waals surface area contributed by atoms with E-state index >= 15 is 0 Å². The number of carboxylic acid groups (broad SMARTS) is 1. The fourth-order valence-corrected chi connectivity index (χ4v) is 3.01. The molecule has 1 rings (SSSR count). The molecule has 9 heteroatoms. The van der Waals surface area contributed by atoms with Crippen LogP contribution in [-0.4, -0.2) is 29.6 Å². The van der Waals surface area contributed by atoms with Gasteiger partial charge in [0.15, 0.2) is 5.75 Å². The highest BCUT2D eigenvalue weighted by Crippen LogP contribution is 2.40. The molecule has 1 aromatic rings. The van der Waals surface area contributed by atoms with E-state index in [1.54, 1.807) is 0 Å². The number of esters is 2. The Balaban J connectivity index is 3.18. The fourth-order valence-electron chi connectivity index (χ4n) is 2.29. The van der Waals surface area contributed by atoms with Gasteiger partial charge in [0.25, 0.3) is 0 Å². The Hall–Kier alpha value is -1.50. The monoisotopic (exact) mass is 438 g/mol. The smallest absolute Gasteiger partial charge is 0.422 e. The largest absolute Gasteiger partial charge is 0.473 e. The van der Waals surface area contributed by atoms with E-state index in [1.165, 1.54) is 0 Å². The van der Waals surface area contributed by atoms with Crippen LogP contribution in [0.25, 0.3) is 0 Å². The average Bonchev–Trinajstić information content (AvgIpc) is 2.57. The molecule has 0 radical (unpaired) electrons. The molecule has 0 amide bonds. The van der Waals surface area contributed by atoms with Crippen molar-refractivity contribution < 1.29 is 29.0 Å². The predicted octanol–water partition coefficient (Wildman–Crippen LogP) is 5.26. The van der Waals surface area contributed by atoms with E-state index in [0.29, 0.717) is 0 Å². The SMILES string of the molecule is CCCC(C)C(C)(C)COC(=O)c1c(Cl)c(Cl)cc(Cl)c1OC(=O)C(=O)O. The third-order valence-electron chi connectivity index (χ3n) is 4.33. The standard InChI is InChI=1S/C18H21Cl3O6/c1-5-6-9(2)18(3,4)8-26-16(24)12-13(21)10(19)7-11(20)14(12)27-17(25)15(22)23/h7,9H,5-6,8H2,1-4H3,(H,22,23). The molecule has 0 heterocycles. The molecule has 150 valence electrons. The van der Waals surface area contributed by atoms with Crippen LogP contribution in [0.2, 0.25) is 15.1 Å². The molecule has 1 aromatic carbocycles. The third kappa shape index (κ3) is 5.99. The maximum Gasteiger partial charge on any atom is 0.422 e. The summed E-state index contributed by atoms with van der Waals surface area (Å²) in [6.07, 6.45) is 1.94. The highest BCUT2D eigenvalue weighted by atomic mass is 35.5. The molecule has 1 atom stereocenters. The van der Waals surface area contributed by atoms with Gasteiger partial charge in [-0.1, -0.05) is 75.3 Å². The first-order chi connectivity index (χ1) is 12.4. The Labute approximate surface area is 172 Å². The number of carboxylic acids is 1. The zero-order valence-corrected chi connectivity index (χ0v) is 17.7.